The van der Waals surface area contributed by atoms with Crippen LogP contribution in [0.15, 0.2) is 24.3 Å². The van der Waals surface area contributed by atoms with E-state index >= 15 is 0 Å². The molecule has 0 spiro atoms. The van der Waals surface area contributed by atoms with Crippen LogP contribution in [0, 0.1) is 12.8 Å². The molecular formula is C17H24N4O3S. The molecule has 136 valence electrons. The van der Waals surface area contributed by atoms with Crippen LogP contribution >= 0.6 is 12.2 Å². The Balaban J connectivity index is 1.84. The summed E-state index contributed by atoms with van der Waals surface area (Å²) in [6.07, 6.45) is 0.182. The number of nitrogens with zero attached hydrogens (tertiary/aromatic N) is 1. The SMILES string of the molecule is COC[C@H](C)NC(=S)NNC(=O)[C@@H]1CC(=O)N(c2ccc(C)cc2)C1. The van der Waals surface area contributed by atoms with Crippen LogP contribution in [0.3, 0.4) is 0 Å². The lowest BCUT2D eigenvalue weighted by Gasteiger charge is -2.18. The van der Waals surface area contributed by atoms with Crippen LogP contribution in [-0.4, -0.2) is 43.2 Å². The van der Waals surface area contributed by atoms with Gasteiger partial charge in [-0.2, -0.15) is 0 Å². The summed E-state index contributed by atoms with van der Waals surface area (Å²) in [5.41, 5.74) is 7.15. The number of carbonyl (C=O) groups is 2. The summed E-state index contributed by atoms with van der Waals surface area (Å²) < 4.78 is 5.00. The molecule has 0 bridgehead atoms. The molecule has 0 radical (unpaired) electrons. The van der Waals surface area contributed by atoms with Crippen LogP contribution in [0.2, 0.25) is 0 Å². The molecule has 1 aromatic carbocycles. The minimum Gasteiger partial charge on any atom is -0.383 e. The van der Waals surface area contributed by atoms with Crippen LogP contribution in [0.4, 0.5) is 5.69 Å². The molecule has 25 heavy (non-hydrogen) atoms. The van der Waals surface area contributed by atoms with Gasteiger partial charge in [-0.1, -0.05) is 17.7 Å². The quantitative estimate of drug-likeness (QED) is 0.531. The number of hydrazine groups is 1. The van der Waals surface area contributed by atoms with E-state index in [1.807, 2.05) is 38.1 Å². The van der Waals surface area contributed by atoms with Crippen LogP contribution < -0.4 is 21.1 Å². The van der Waals surface area contributed by atoms with Gasteiger partial charge in [0.05, 0.1) is 12.5 Å². The molecule has 1 aromatic rings. The van der Waals surface area contributed by atoms with Crippen molar-refractivity contribution in [3.63, 3.8) is 0 Å². The molecule has 1 fully saturated rings. The van der Waals surface area contributed by atoms with Crippen molar-refractivity contribution in [2.24, 2.45) is 5.92 Å². The first-order valence-corrected chi connectivity index (χ1v) is 8.54. The number of anilines is 1. The highest BCUT2D eigenvalue weighted by Crippen LogP contribution is 2.25. The Kier molecular flexibility index (Phi) is 6.72. The van der Waals surface area contributed by atoms with E-state index in [4.69, 9.17) is 17.0 Å². The van der Waals surface area contributed by atoms with Crippen LogP contribution in [0.1, 0.15) is 18.9 Å². The minimum atomic E-state index is -0.416. The maximum atomic E-state index is 12.3. The number of hydrogen-bond acceptors (Lipinski definition) is 4. The Morgan fingerprint density at radius 1 is 1.36 bits per heavy atom. The smallest absolute Gasteiger partial charge is 0.243 e. The molecule has 1 aliphatic rings. The van der Waals surface area contributed by atoms with Crippen molar-refractivity contribution in [1.29, 1.82) is 0 Å². The summed E-state index contributed by atoms with van der Waals surface area (Å²) in [5.74, 6) is -0.731. The summed E-state index contributed by atoms with van der Waals surface area (Å²) in [4.78, 5) is 26.1. The van der Waals surface area contributed by atoms with Gasteiger partial charge >= 0.3 is 0 Å². The largest absolute Gasteiger partial charge is 0.383 e. The predicted octanol–water partition coefficient (Wildman–Crippen LogP) is 0.878. The van der Waals surface area contributed by atoms with E-state index in [1.165, 1.54) is 0 Å². The van der Waals surface area contributed by atoms with E-state index in [0.717, 1.165) is 11.3 Å². The second kappa shape index (κ2) is 8.77. The van der Waals surface area contributed by atoms with Crippen molar-refractivity contribution < 1.29 is 14.3 Å². The maximum Gasteiger partial charge on any atom is 0.243 e. The summed E-state index contributed by atoms with van der Waals surface area (Å²) in [5, 5.41) is 3.28. The number of ether oxygens (including phenoxy) is 1. The van der Waals surface area contributed by atoms with Gasteiger partial charge in [0.15, 0.2) is 5.11 Å². The molecule has 0 saturated carbocycles. The summed E-state index contributed by atoms with van der Waals surface area (Å²) in [6.45, 7) is 4.75. The molecule has 0 aliphatic carbocycles. The van der Waals surface area contributed by atoms with E-state index < -0.39 is 5.92 Å². The van der Waals surface area contributed by atoms with E-state index in [0.29, 0.717) is 18.3 Å². The van der Waals surface area contributed by atoms with Gasteiger partial charge < -0.3 is 15.0 Å². The van der Waals surface area contributed by atoms with Crippen LogP contribution in [0.25, 0.3) is 0 Å². The number of aryl methyl sites for hydroxylation is 1. The second-order valence-corrected chi connectivity index (χ2v) is 6.59. The molecule has 2 rings (SSSR count). The Hall–Kier alpha value is -2.19. The van der Waals surface area contributed by atoms with Gasteiger partial charge in [-0.15, -0.1) is 0 Å². The molecule has 2 atom stereocenters. The zero-order valence-electron chi connectivity index (χ0n) is 14.7. The lowest BCUT2D eigenvalue weighted by Crippen LogP contribution is -2.51. The van der Waals surface area contributed by atoms with E-state index in [2.05, 4.69) is 16.2 Å². The van der Waals surface area contributed by atoms with Crippen molar-refractivity contribution in [3.05, 3.63) is 29.8 Å². The zero-order chi connectivity index (χ0) is 18.4. The number of thiocarbonyl (C=S) groups is 1. The number of rotatable bonds is 5. The standard InChI is InChI=1S/C17H24N4O3S/c1-11-4-6-14(7-5-11)21-9-13(8-15(21)22)16(23)19-20-17(25)18-12(2)10-24-3/h4-7,12-13H,8-10H2,1-3H3,(H,19,23)(H2,18,20,25)/t12-,13+/m0/s1. The lowest BCUT2D eigenvalue weighted by molar-refractivity contribution is -0.126. The average Bonchev–Trinajstić information content (AvgIpc) is 2.95. The number of hydrogen-bond donors (Lipinski definition) is 3. The first-order valence-electron chi connectivity index (χ1n) is 8.13. The zero-order valence-corrected chi connectivity index (χ0v) is 15.5. The van der Waals surface area contributed by atoms with Crippen molar-refractivity contribution in [2.75, 3.05) is 25.2 Å². The van der Waals surface area contributed by atoms with E-state index in [-0.39, 0.29) is 24.3 Å². The second-order valence-electron chi connectivity index (χ2n) is 6.19. The summed E-state index contributed by atoms with van der Waals surface area (Å²) in [7, 11) is 1.60. The van der Waals surface area contributed by atoms with Crippen molar-refractivity contribution in [1.82, 2.24) is 16.2 Å². The number of amides is 2. The topological polar surface area (TPSA) is 82.7 Å². The predicted molar refractivity (Wildman–Crippen MR) is 100.0 cm³/mol. The minimum absolute atomic E-state index is 0.0204. The molecule has 1 heterocycles. The number of benzene rings is 1. The molecule has 1 aliphatic heterocycles. The third-order valence-electron chi connectivity index (χ3n) is 3.93. The molecule has 7 nitrogen and oxygen atoms in total. The van der Waals surface area contributed by atoms with Crippen molar-refractivity contribution >= 4 is 34.8 Å². The fraction of sp³-hybridized carbons (Fsp3) is 0.471. The van der Waals surface area contributed by atoms with Gasteiger partial charge in [0, 0.05) is 31.8 Å². The third-order valence-corrected chi connectivity index (χ3v) is 4.15. The third kappa shape index (κ3) is 5.40. The molecular weight excluding hydrogens is 340 g/mol. The molecule has 2 amide bonds. The van der Waals surface area contributed by atoms with Crippen LogP contribution in [-0.2, 0) is 14.3 Å². The monoisotopic (exact) mass is 364 g/mol. The van der Waals surface area contributed by atoms with Gasteiger partial charge in [0.1, 0.15) is 0 Å². The summed E-state index contributed by atoms with van der Waals surface area (Å²) in [6, 6.07) is 7.70. The number of carbonyl (C=O) groups excluding carboxylic acids is 2. The van der Waals surface area contributed by atoms with Crippen molar-refractivity contribution in [3.8, 4) is 0 Å². The molecule has 1 saturated heterocycles. The molecule has 0 unspecified atom stereocenters. The van der Waals surface area contributed by atoms with Gasteiger partial charge in [-0.3, -0.25) is 20.4 Å². The Bertz CT molecular complexity index is 635. The fourth-order valence-electron chi connectivity index (χ4n) is 2.63. The fourth-order valence-corrected chi connectivity index (χ4v) is 2.88. The highest BCUT2D eigenvalue weighted by molar-refractivity contribution is 7.80. The molecule has 3 N–H and O–H groups in total. The Morgan fingerprint density at radius 2 is 2.04 bits per heavy atom. The first kappa shape index (κ1) is 19.1. The number of methoxy groups -OCH3 is 1. The van der Waals surface area contributed by atoms with E-state index in [1.54, 1.807) is 12.0 Å². The van der Waals surface area contributed by atoms with Gasteiger partial charge in [-0.25, -0.2) is 0 Å². The maximum absolute atomic E-state index is 12.3. The summed E-state index contributed by atoms with van der Waals surface area (Å²) >= 11 is 5.10. The lowest BCUT2D eigenvalue weighted by atomic mass is 10.1. The van der Waals surface area contributed by atoms with E-state index in [9.17, 15) is 9.59 Å². The van der Waals surface area contributed by atoms with Gasteiger partial charge in [0.2, 0.25) is 11.8 Å². The highest BCUT2D eigenvalue weighted by atomic mass is 32.1. The first-order chi connectivity index (χ1) is 11.9. The highest BCUT2D eigenvalue weighted by Gasteiger charge is 2.35. The van der Waals surface area contributed by atoms with Crippen LogP contribution in [0.5, 0.6) is 0 Å². The average molecular weight is 364 g/mol. The number of nitrogens with one attached hydrogen (secondary N) is 3. The van der Waals surface area contributed by atoms with Crippen molar-refractivity contribution in [2.45, 2.75) is 26.3 Å². The Morgan fingerprint density at radius 3 is 2.68 bits per heavy atom. The Labute approximate surface area is 153 Å². The van der Waals surface area contributed by atoms with Gasteiger partial charge in [-0.05, 0) is 38.2 Å². The molecule has 8 heteroatoms. The van der Waals surface area contributed by atoms with Gasteiger partial charge in [0.25, 0.3) is 0 Å². The normalized spacial score (nSPS) is 18.0. The molecule has 0 aromatic heterocycles.